The predicted octanol–water partition coefficient (Wildman–Crippen LogP) is 3.53. The standard InChI is InChI=1S/C19H21ClN2O4S/c1-2-26-18-8-4-3-6-16(18)21-19(23)17-7-5-13-22(17)27(24,25)15-11-9-14(20)10-12-15/h3-4,6,8-12,17H,2,5,7,13H2,1H3,(H,21,23)/t17-/m1/s1. The van der Waals surface area contributed by atoms with Gasteiger partial charge in [0.2, 0.25) is 15.9 Å². The predicted molar refractivity (Wildman–Crippen MR) is 105 cm³/mol. The molecule has 1 saturated heterocycles. The molecule has 27 heavy (non-hydrogen) atoms. The minimum absolute atomic E-state index is 0.126. The van der Waals surface area contributed by atoms with Crippen molar-refractivity contribution < 1.29 is 17.9 Å². The highest BCUT2D eigenvalue weighted by molar-refractivity contribution is 7.89. The normalized spacial score (nSPS) is 17.6. The Labute approximate surface area is 164 Å². The number of ether oxygens (including phenoxy) is 1. The third kappa shape index (κ3) is 4.26. The molecular weight excluding hydrogens is 388 g/mol. The topological polar surface area (TPSA) is 75.7 Å². The average Bonchev–Trinajstić information content (AvgIpc) is 3.15. The number of anilines is 1. The lowest BCUT2D eigenvalue weighted by Crippen LogP contribution is -2.43. The van der Waals surface area contributed by atoms with E-state index in [1.807, 2.05) is 13.0 Å². The Bertz CT molecular complexity index is 916. The molecule has 0 aromatic heterocycles. The van der Waals surface area contributed by atoms with E-state index in [1.54, 1.807) is 18.2 Å². The van der Waals surface area contributed by atoms with Gasteiger partial charge in [0.25, 0.3) is 0 Å². The van der Waals surface area contributed by atoms with Crippen LogP contribution < -0.4 is 10.1 Å². The number of sulfonamides is 1. The lowest BCUT2D eigenvalue weighted by Gasteiger charge is -2.24. The first-order chi connectivity index (χ1) is 12.9. The van der Waals surface area contributed by atoms with Crippen LogP contribution in [0.15, 0.2) is 53.4 Å². The second-order valence-electron chi connectivity index (χ2n) is 6.15. The highest BCUT2D eigenvalue weighted by Crippen LogP contribution is 2.29. The van der Waals surface area contributed by atoms with Gasteiger partial charge >= 0.3 is 0 Å². The molecule has 1 atom stereocenters. The molecule has 2 aromatic carbocycles. The van der Waals surface area contributed by atoms with Crippen LogP contribution in [0.4, 0.5) is 5.69 Å². The van der Waals surface area contributed by atoms with Gasteiger partial charge in [-0.25, -0.2) is 8.42 Å². The minimum atomic E-state index is -3.78. The molecule has 3 rings (SSSR count). The monoisotopic (exact) mass is 408 g/mol. The molecule has 0 spiro atoms. The lowest BCUT2D eigenvalue weighted by molar-refractivity contribution is -0.119. The van der Waals surface area contributed by atoms with Gasteiger partial charge in [0.1, 0.15) is 11.8 Å². The summed E-state index contributed by atoms with van der Waals surface area (Å²) in [6.45, 7) is 2.62. The van der Waals surface area contributed by atoms with Crippen molar-refractivity contribution in [2.45, 2.75) is 30.7 Å². The summed E-state index contributed by atoms with van der Waals surface area (Å²) in [6, 6.07) is 12.3. The van der Waals surface area contributed by atoms with Crippen molar-refractivity contribution in [3.63, 3.8) is 0 Å². The zero-order valence-corrected chi connectivity index (χ0v) is 16.5. The molecule has 0 unspecified atom stereocenters. The third-order valence-corrected chi connectivity index (χ3v) is 6.55. The highest BCUT2D eigenvalue weighted by atomic mass is 35.5. The molecule has 1 aliphatic rings. The number of halogens is 1. The Balaban J connectivity index is 1.82. The van der Waals surface area contributed by atoms with Crippen LogP contribution in [0.2, 0.25) is 5.02 Å². The zero-order valence-electron chi connectivity index (χ0n) is 14.9. The van der Waals surface area contributed by atoms with Gasteiger partial charge in [0.05, 0.1) is 17.2 Å². The van der Waals surface area contributed by atoms with Crippen LogP contribution in [0.25, 0.3) is 0 Å². The molecule has 8 heteroatoms. The molecule has 1 amide bonds. The summed E-state index contributed by atoms with van der Waals surface area (Å²) in [5, 5.41) is 3.26. The van der Waals surface area contributed by atoms with Crippen molar-refractivity contribution in [3.05, 3.63) is 53.6 Å². The second kappa shape index (κ2) is 8.29. The summed E-state index contributed by atoms with van der Waals surface area (Å²) in [4.78, 5) is 12.9. The fourth-order valence-corrected chi connectivity index (χ4v) is 4.88. The van der Waals surface area contributed by atoms with E-state index in [2.05, 4.69) is 5.32 Å². The van der Waals surface area contributed by atoms with Crippen molar-refractivity contribution in [2.75, 3.05) is 18.5 Å². The van der Waals surface area contributed by atoms with Gasteiger partial charge in [-0.3, -0.25) is 4.79 Å². The molecule has 2 aromatic rings. The first-order valence-electron chi connectivity index (χ1n) is 8.73. The number of amides is 1. The molecule has 0 saturated carbocycles. The van der Waals surface area contributed by atoms with Crippen LogP contribution in [0.3, 0.4) is 0 Å². The van der Waals surface area contributed by atoms with Crippen LogP contribution in [0.1, 0.15) is 19.8 Å². The van der Waals surface area contributed by atoms with E-state index in [0.29, 0.717) is 42.5 Å². The van der Waals surface area contributed by atoms with Crippen molar-refractivity contribution in [1.29, 1.82) is 0 Å². The lowest BCUT2D eigenvalue weighted by atomic mass is 10.2. The number of rotatable bonds is 6. The summed E-state index contributed by atoms with van der Waals surface area (Å²) >= 11 is 5.85. The molecule has 1 heterocycles. The van der Waals surface area contributed by atoms with Gasteiger partial charge < -0.3 is 10.1 Å². The molecular formula is C19H21ClN2O4S. The number of hydrogen-bond donors (Lipinski definition) is 1. The maximum absolute atomic E-state index is 13.0. The van der Waals surface area contributed by atoms with Gasteiger partial charge in [0.15, 0.2) is 0 Å². The highest BCUT2D eigenvalue weighted by Gasteiger charge is 2.39. The van der Waals surface area contributed by atoms with Crippen LogP contribution in [-0.2, 0) is 14.8 Å². The van der Waals surface area contributed by atoms with Gasteiger partial charge in [-0.2, -0.15) is 4.31 Å². The fraction of sp³-hybridized carbons (Fsp3) is 0.316. The van der Waals surface area contributed by atoms with Gasteiger partial charge in [-0.15, -0.1) is 0 Å². The molecule has 6 nitrogen and oxygen atoms in total. The Morgan fingerprint density at radius 1 is 1.22 bits per heavy atom. The molecule has 0 aliphatic carbocycles. The SMILES string of the molecule is CCOc1ccccc1NC(=O)[C@H]1CCCN1S(=O)(=O)c1ccc(Cl)cc1. The number of carbonyl (C=O) groups excluding carboxylic acids is 1. The van der Waals surface area contributed by atoms with Gasteiger partial charge in [-0.05, 0) is 56.2 Å². The van der Waals surface area contributed by atoms with Gasteiger partial charge in [0, 0.05) is 11.6 Å². The molecule has 1 N–H and O–H groups in total. The third-order valence-electron chi connectivity index (χ3n) is 4.37. The summed E-state index contributed by atoms with van der Waals surface area (Å²) in [5.74, 6) is 0.190. The van der Waals surface area contributed by atoms with Crippen molar-refractivity contribution in [2.24, 2.45) is 0 Å². The maximum Gasteiger partial charge on any atom is 0.243 e. The zero-order chi connectivity index (χ0) is 19.4. The smallest absolute Gasteiger partial charge is 0.243 e. The summed E-state index contributed by atoms with van der Waals surface area (Å²) < 4.78 is 32.7. The molecule has 0 radical (unpaired) electrons. The molecule has 0 bridgehead atoms. The molecule has 144 valence electrons. The maximum atomic E-state index is 13.0. The first-order valence-corrected chi connectivity index (χ1v) is 10.6. The number of benzene rings is 2. The molecule has 1 fully saturated rings. The quantitative estimate of drug-likeness (QED) is 0.793. The largest absolute Gasteiger partial charge is 0.492 e. The van der Waals surface area contributed by atoms with E-state index in [1.165, 1.54) is 28.6 Å². The Kier molecular flexibility index (Phi) is 6.04. The van der Waals surface area contributed by atoms with Gasteiger partial charge in [-0.1, -0.05) is 23.7 Å². The van der Waals surface area contributed by atoms with Crippen LogP contribution in [0, 0.1) is 0 Å². The molecule has 1 aliphatic heterocycles. The Morgan fingerprint density at radius 3 is 2.63 bits per heavy atom. The number of hydrogen-bond acceptors (Lipinski definition) is 4. The fourth-order valence-electron chi connectivity index (χ4n) is 3.10. The first kappa shape index (κ1) is 19.7. The summed E-state index contributed by atoms with van der Waals surface area (Å²) in [6.07, 6.45) is 1.09. The van der Waals surface area contributed by atoms with E-state index in [0.717, 1.165) is 0 Å². The van der Waals surface area contributed by atoms with Crippen LogP contribution in [-0.4, -0.2) is 37.8 Å². The number of nitrogens with one attached hydrogen (secondary N) is 1. The van der Waals surface area contributed by atoms with Crippen molar-refractivity contribution >= 4 is 33.2 Å². The second-order valence-corrected chi connectivity index (χ2v) is 8.47. The van der Waals surface area contributed by atoms with E-state index < -0.39 is 16.1 Å². The van der Waals surface area contributed by atoms with E-state index >= 15 is 0 Å². The minimum Gasteiger partial charge on any atom is -0.492 e. The summed E-state index contributed by atoms with van der Waals surface area (Å²) in [7, 11) is -3.78. The van der Waals surface area contributed by atoms with E-state index in [9.17, 15) is 13.2 Å². The number of para-hydroxylation sites is 2. The Hall–Kier alpha value is -2.09. The van der Waals surface area contributed by atoms with Crippen LogP contribution in [0.5, 0.6) is 5.75 Å². The van der Waals surface area contributed by atoms with E-state index in [-0.39, 0.29) is 10.8 Å². The van der Waals surface area contributed by atoms with Crippen molar-refractivity contribution in [3.8, 4) is 5.75 Å². The number of carbonyl (C=O) groups is 1. The summed E-state index contributed by atoms with van der Waals surface area (Å²) in [5.41, 5.74) is 0.528. The van der Waals surface area contributed by atoms with Crippen molar-refractivity contribution in [1.82, 2.24) is 4.31 Å². The average molecular weight is 409 g/mol. The Morgan fingerprint density at radius 2 is 1.93 bits per heavy atom. The number of nitrogens with zero attached hydrogens (tertiary/aromatic N) is 1. The van der Waals surface area contributed by atoms with E-state index in [4.69, 9.17) is 16.3 Å². The van der Waals surface area contributed by atoms with Crippen LogP contribution >= 0.6 is 11.6 Å².